The molecule has 1 aromatic heterocycles. The monoisotopic (exact) mass is 154 g/mol. The van der Waals surface area contributed by atoms with Gasteiger partial charge in [0.25, 0.3) is 0 Å². The lowest BCUT2D eigenvalue weighted by atomic mass is 13.9. The van der Waals surface area contributed by atoms with Crippen LogP contribution in [0.5, 0.6) is 0 Å². The molecule has 0 amide bonds. The summed E-state index contributed by atoms with van der Waals surface area (Å²) in [4.78, 5) is 0. The molecule has 3 nitrogen and oxygen atoms in total. The molecule has 7 heavy (non-hydrogen) atoms. The molecule has 0 bridgehead atoms. The summed E-state index contributed by atoms with van der Waals surface area (Å²) in [7, 11) is -0.880. The van der Waals surface area contributed by atoms with Crippen molar-refractivity contribution in [1.82, 2.24) is 13.5 Å². The molecule has 1 heterocycles. The summed E-state index contributed by atoms with van der Waals surface area (Å²) < 4.78 is 22.2. The Morgan fingerprint density at radius 3 is 2.14 bits per heavy atom. The molecule has 0 aliphatic carbocycles. The van der Waals surface area contributed by atoms with E-state index in [4.69, 9.17) is 0 Å². The Labute approximate surface area is 43.8 Å². The predicted octanol–water partition coefficient (Wildman–Crippen LogP) is 2.03. The van der Waals surface area contributed by atoms with Crippen molar-refractivity contribution < 1.29 is 4.20 Å². The Morgan fingerprint density at radius 1 is 1.29 bits per heavy atom. The fraction of sp³-hybridized carbons (Fsp3) is 0. The van der Waals surface area contributed by atoms with Crippen LogP contribution >= 0.6 is 25.2 Å². The van der Waals surface area contributed by atoms with Crippen molar-refractivity contribution in [3.05, 3.63) is 0 Å². The van der Waals surface area contributed by atoms with Crippen molar-refractivity contribution >= 4 is 25.2 Å². The lowest BCUT2D eigenvalue weighted by molar-refractivity contribution is 0.903. The smallest absolute Gasteiger partial charge is 0.0710 e. The summed E-state index contributed by atoms with van der Waals surface area (Å²) in [5.74, 6) is 0. The Kier molecular flexibility index (Phi) is 1.93. The van der Waals surface area contributed by atoms with Crippen LogP contribution < -0.4 is 0 Å². The molecule has 0 atom stereocenters. The predicted molar refractivity (Wildman–Crippen MR) is 28.5 cm³/mol. The van der Waals surface area contributed by atoms with Gasteiger partial charge in [0.05, 0.1) is 0 Å². The Hall–Kier alpha value is 0.230. The Bertz CT molecular complexity index is 140. The second-order valence-corrected chi connectivity index (χ2v) is 3.67. The van der Waals surface area contributed by atoms with Crippen LogP contribution in [0.4, 0.5) is 4.20 Å². The van der Waals surface area contributed by atoms with Gasteiger partial charge in [-0.05, 0) is 13.5 Å². The van der Waals surface area contributed by atoms with Gasteiger partial charge in [-0.15, -0.1) is 0 Å². The summed E-state index contributed by atoms with van der Waals surface area (Å²) in [6.45, 7) is 0. The average Bonchev–Trinajstić information content (AvgIpc) is 1.69. The van der Waals surface area contributed by atoms with Gasteiger partial charge in [-0.3, -0.25) is 0 Å². The molecule has 0 saturated heterocycles. The summed E-state index contributed by atoms with van der Waals surface area (Å²) in [5.41, 5.74) is 0. The quantitative estimate of drug-likeness (QED) is 0.573. The van der Waals surface area contributed by atoms with Gasteiger partial charge in [0.15, 0.2) is 0 Å². The molecule has 1 aromatic rings. The lowest BCUT2D eigenvalue weighted by Gasteiger charge is -1.60. The van der Waals surface area contributed by atoms with E-state index in [9.17, 15) is 4.20 Å². The largest absolute Gasteiger partial charge is 0.400 e. The van der Waals surface area contributed by atoms with Crippen LogP contribution in [0, 0.1) is 0 Å². The van der Waals surface area contributed by atoms with Crippen LogP contribution in [0.25, 0.3) is 0 Å². The summed E-state index contributed by atoms with van der Waals surface area (Å²) >= 11 is 0. The first-order valence-corrected chi connectivity index (χ1v) is 4.11. The number of hydrogen-bond donors (Lipinski definition) is 0. The van der Waals surface area contributed by atoms with Crippen molar-refractivity contribution in [2.75, 3.05) is 0 Å². The van der Waals surface area contributed by atoms with Gasteiger partial charge in [-0.2, -0.15) is 0 Å². The van der Waals surface area contributed by atoms with Crippen molar-refractivity contribution in [1.29, 1.82) is 0 Å². The molecule has 1 rings (SSSR count). The first-order chi connectivity index (χ1) is 3.39. The van der Waals surface area contributed by atoms with Gasteiger partial charge < -0.3 is 0 Å². The topological polar surface area (TPSA) is 38.7 Å². The highest BCUT2D eigenvalue weighted by Gasteiger charge is 1.96. The maximum atomic E-state index is 11.8. The van der Waals surface area contributed by atoms with E-state index in [2.05, 4.69) is 13.5 Å². The summed E-state index contributed by atoms with van der Waals surface area (Å²) in [5, 5.41) is 0. The highest BCUT2D eigenvalue weighted by molar-refractivity contribution is 7.49. The van der Waals surface area contributed by atoms with Gasteiger partial charge >= 0.3 is 25.2 Å². The molecule has 0 fully saturated rings. The highest BCUT2D eigenvalue weighted by Crippen LogP contribution is 2.21. The Morgan fingerprint density at radius 2 is 1.86 bits per heavy atom. The molecule has 0 unspecified atom stereocenters. The van der Waals surface area contributed by atoms with Crippen molar-refractivity contribution in [2.24, 2.45) is 0 Å². The fourth-order valence-corrected chi connectivity index (χ4v) is 2.20. The lowest BCUT2D eigenvalue weighted by Crippen LogP contribution is -1.54. The summed E-state index contributed by atoms with van der Waals surface area (Å²) in [6.07, 6.45) is 0. The molecule has 0 N–H and O–H groups in total. The van der Waals surface area contributed by atoms with Crippen molar-refractivity contribution in [3.63, 3.8) is 0 Å². The molecular formula is FN3P3+. The molecule has 0 saturated carbocycles. The molecule has 0 aliphatic heterocycles. The number of hydrogen-bond acceptors (Lipinski definition) is 3. The number of aromatic nitrogens is 3. The first kappa shape index (κ1) is 5.37. The molecule has 36 valence electrons. The maximum Gasteiger partial charge on any atom is 0.400 e. The molecular weight excluding hydrogens is 154 g/mol. The second kappa shape index (κ2) is 2.52. The van der Waals surface area contributed by atoms with E-state index in [-0.39, 0.29) is 0 Å². The minimum absolute atomic E-state index is 0.490. The van der Waals surface area contributed by atoms with Crippen LogP contribution in [0.2, 0.25) is 0 Å². The van der Waals surface area contributed by atoms with E-state index >= 15 is 0 Å². The second-order valence-electron chi connectivity index (χ2n) is 0.688. The molecule has 7 heteroatoms. The van der Waals surface area contributed by atoms with E-state index in [0.29, 0.717) is 17.0 Å². The number of rotatable bonds is 0. The van der Waals surface area contributed by atoms with Crippen LogP contribution in [0.15, 0.2) is 0 Å². The van der Waals surface area contributed by atoms with Gasteiger partial charge in [0.1, 0.15) is 0 Å². The zero-order valence-corrected chi connectivity index (χ0v) is 5.74. The zero-order valence-electron chi connectivity index (χ0n) is 3.06. The number of halogens is 1. The van der Waals surface area contributed by atoms with Crippen LogP contribution in [-0.2, 0) is 0 Å². The average molecular weight is 154 g/mol. The third kappa shape index (κ3) is 1.65. The van der Waals surface area contributed by atoms with Gasteiger partial charge in [-0.1, -0.05) is 4.20 Å². The third-order valence-corrected chi connectivity index (χ3v) is 2.77. The molecule has 0 radical (unpaired) electrons. The molecule has 0 spiro atoms. The highest BCUT2D eigenvalue weighted by atomic mass is 31.2. The van der Waals surface area contributed by atoms with Gasteiger partial charge in [0, 0.05) is 0 Å². The van der Waals surface area contributed by atoms with Crippen LogP contribution in [-0.4, -0.2) is 13.5 Å². The van der Waals surface area contributed by atoms with Crippen molar-refractivity contribution in [2.45, 2.75) is 0 Å². The first-order valence-electron chi connectivity index (χ1n) is 1.37. The van der Waals surface area contributed by atoms with Gasteiger partial charge in [-0.25, -0.2) is 0 Å². The maximum absolute atomic E-state index is 11.8. The van der Waals surface area contributed by atoms with Crippen LogP contribution in [0.1, 0.15) is 0 Å². The van der Waals surface area contributed by atoms with E-state index in [1.807, 2.05) is 0 Å². The van der Waals surface area contributed by atoms with Crippen LogP contribution in [0.3, 0.4) is 0 Å². The standard InChI is InChI=1S/FN3P3/c1-7-3-5-2-6-4-7/q+1. The van der Waals surface area contributed by atoms with E-state index in [1.165, 1.54) is 0 Å². The fourth-order valence-electron chi connectivity index (χ4n) is 0.138. The molecule has 0 aliphatic rings. The zero-order chi connectivity index (χ0) is 5.11. The minimum atomic E-state index is -1.86. The minimum Gasteiger partial charge on any atom is -0.0710 e. The SMILES string of the molecule is F[p+]1npnpn1. The van der Waals surface area contributed by atoms with E-state index in [1.54, 1.807) is 0 Å². The van der Waals surface area contributed by atoms with E-state index < -0.39 is 8.16 Å². The van der Waals surface area contributed by atoms with E-state index in [0.717, 1.165) is 0 Å². The molecule has 0 aromatic carbocycles. The van der Waals surface area contributed by atoms with Gasteiger partial charge in [0.2, 0.25) is 0 Å². The summed E-state index contributed by atoms with van der Waals surface area (Å²) in [6, 6.07) is 0. The Balaban J connectivity index is 3.02. The number of nitrogens with zero attached hydrogens (tertiary/aromatic N) is 3. The third-order valence-electron chi connectivity index (χ3n) is 0.308. The van der Waals surface area contributed by atoms with Crippen molar-refractivity contribution in [3.8, 4) is 0 Å². The normalized spacial score (nSPS) is 13.6.